The average Bonchev–Trinajstić information content (AvgIpc) is 2.16. The van der Waals surface area contributed by atoms with Gasteiger partial charge >= 0.3 is 0 Å². The Bertz CT molecular complexity index is 272. The second-order valence-corrected chi connectivity index (χ2v) is 3.49. The lowest BCUT2D eigenvalue weighted by Crippen LogP contribution is -2.28. The Morgan fingerprint density at radius 1 is 1.27 bits per heavy atom. The Balaban J connectivity index is 4.48. The van der Waals surface area contributed by atoms with E-state index in [4.69, 9.17) is 0 Å². The summed E-state index contributed by atoms with van der Waals surface area (Å²) in [6.45, 7) is 2.54. The maximum Gasteiger partial charge on any atom is 0.288 e. The molecule has 0 aromatic rings. The largest absolute Gasteiger partial charge is 0.503 e. The van der Waals surface area contributed by atoms with Crippen molar-refractivity contribution in [2.24, 2.45) is 0 Å². The number of aliphatic hydroxyl groups is 1. The first-order chi connectivity index (χ1) is 6.90. The Kier molecular flexibility index (Phi) is 5.44. The van der Waals surface area contributed by atoms with Crippen LogP contribution in [0.1, 0.15) is 13.3 Å². The Morgan fingerprint density at radius 3 is 2.20 bits per heavy atom. The quantitative estimate of drug-likeness (QED) is 0.544. The van der Waals surface area contributed by atoms with Crippen LogP contribution in [0.15, 0.2) is 11.8 Å². The van der Waals surface area contributed by atoms with Crippen molar-refractivity contribution in [2.75, 3.05) is 27.7 Å². The predicted molar refractivity (Wildman–Crippen MR) is 57.3 cm³/mol. The van der Waals surface area contributed by atoms with E-state index in [0.717, 1.165) is 12.5 Å². The average molecular weight is 214 g/mol. The van der Waals surface area contributed by atoms with Gasteiger partial charge < -0.3 is 14.9 Å². The van der Waals surface area contributed by atoms with Crippen LogP contribution in [0, 0.1) is 0 Å². The van der Waals surface area contributed by atoms with Gasteiger partial charge in [0.25, 0.3) is 5.91 Å². The maximum atomic E-state index is 11.4. The van der Waals surface area contributed by atoms with Gasteiger partial charge in [-0.1, -0.05) is 6.92 Å². The Morgan fingerprint density at radius 2 is 1.80 bits per heavy atom. The monoisotopic (exact) mass is 214 g/mol. The summed E-state index contributed by atoms with van der Waals surface area (Å²) in [6, 6.07) is 0. The molecule has 0 aliphatic carbocycles. The van der Waals surface area contributed by atoms with Crippen LogP contribution in [-0.4, -0.2) is 54.4 Å². The molecule has 0 fully saturated rings. The molecule has 0 radical (unpaired) electrons. The molecule has 2 amide bonds. The molecule has 0 spiro atoms. The molecule has 0 heterocycles. The van der Waals surface area contributed by atoms with Crippen LogP contribution in [0.4, 0.5) is 0 Å². The molecule has 0 atom stereocenters. The fraction of sp³-hybridized carbons (Fsp3) is 0.600. The van der Waals surface area contributed by atoms with E-state index in [1.54, 1.807) is 7.05 Å². The molecule has 0 unspecified atom stereocenters. The van der Waals surface area contributed by atoms with Crippen molar-refractivity contribution in [1.29, 1.82) is 0 Å². The van der Waals surface area contributed by atoms with Crippen LogP contribution in [0.25, 0.3) is 0 Å². The zero-order valence-electron chi connectivity index (χ0n) is 9.65. The summed E-state index contributed by atoms with van der Waals surface area (Å²) < 4.78 is 0. The minimum absolute atomic E-state index is 0.371. The number of aliphatic hydroxyl groups excluding tert-OH is 1. The number of nitrogens with zero attached hydrogens (tertiary/aromatic N) is 2. The second kappa shape index (κ2) is 6.06. The number of rotatable bonds is 4. The van der Waals surface area contributed by atoms with Gasteiger partial charge in [-0.3, -0.25) is 9.59 Å². The van der Waals surface area contributed by atoms with Gasteiger partial charge in [0.05, 0.1) is 6.08 Å². The molecule has 0 aliphatic rings. The summed E-state index contributed by atoms with van der Waals surface area (Å²) in [5.41, 5.74) is 0. The van der Waals surface area contributed by atoms with Crippen LogP contribution < -0.4 is 0 Å². The lowest BCUT2D eigenvalue weighted by atomic mass is 10.3. The Labute approximate surface area is 90.0 Å². The standard InChI is InChI=1S/C10H18N2O3/c1-5-6-12(4)9(14)7-8(13)10(15)11(2)3/h7,13H,5-6H2,1-4H3/b8-7-. The lowest BCUT2D eigenvalue weighted by Gasteiger charge is -2.14. The molecular weight excluding hydrogens is 196 g/mol. The van der Waals surface area contributed by atoms with Gasteiger partial charge in [-0.05, 0) is 6.42 Å². The molecule has 0 aromatic heterocycles. The van der Waals surface area contributed by atoms with Gasteiger partial charge in [0.1, 0.15) is 0 Å². The lowest BCUT2D eigenvalue weighted by molar-refractivity contribution is -0.129. The van der Waals surface area contributed by atoms with E-state index in [0.29, 0.717) is 6.54 Å². The van der Waals surface area contributed by atoms with Crippen LogP contribution in [-0.2, 0) is 9.59 Å². The summed E-state index contributed by atoms with van der Waals surface area (Å²) in [5, 5.41) is 9.30. The third-order valence-corrected chi connectivity index (χ3v) is 1.82. The summed E-state index contributed by atoms with van der Waals surface area (Å²) >= 11 is 0. The Hall–Kier alpha value is -1.52. The third kappa shape index (κ3) is 4.49. The number of hydrogen-bond acceptors (Lipinski definition) is 3. The molecule has 0 aliphatic heterocycles. The minimum Gasteiger partial charge on any atom is -0.503 e. The van der Waals surface area contributed by atoms with Gasteiger partial charge in [-0.25, -0.2) is 0 Å². The van der Waals surface area contributed by atoms with E-state index in [9.17, 15) is 14.7 Å². The van der Waals surface area contributed by atoms with Crippen LogP contribution >= 0.6 is 0 Å². The van der Waals surface area contributed by atoms with Gasteiger partial charge in [-0.2, -0.15) is 0 Å². The van der Waals surface area contributed by atoms with E-state index in [-0.39, 0.29) is 5.91 Å². The number of likely N-dealkylation sites (N-methyl/N-ethyl adjacent to an activating group) is 2. The highest BCUT2D eigenvalue weighted by Gasteiger charge is 2.13. The van der Waals surface area contributed by atoms with Crippen molar-refractivity contribution in [3.63, 3.8) is 0 Å². The van der Waals surface area contributed by atoms with E-state index < -0.39 is 11.7 Å². The van der Waals surface area contributed by atoms with Gasteiger partial charge in [0.15, 0.2) is 5.76 Å². The number of hydrogen-bond donors (Lipinski definition) is 1. The second-order valence-electron chi connectivity index (χ2n) is 3.49. The van der Waals surface area contributed by atoms with Crippen LogP contribution in [0.5, 0.6) is 0 Å². The molecular formula is C10H18N2O3. The summed E-state index contributed by atoms with van der Waals surface area (Å²) in [7, 11) is 4.63. The molecule has 86 valence electrons. The van der Waals surface area contributed by atoms with E-state index in [1.165, 1.54) is 23.9 Å². The van der Waals surface area contributed by atoms with Crippen molar-refractivity contribution in [2.45, 2.75) is 13.3 Å². The van der Waals surface area contributed by atoms with E-state index in [2.05, 4.69) is 0 Å². The minimum atomic E-state index is -0.576. The van der Waals surface area contributed by atoms with Crippen molar-refractivity contribution >= 4 is 11.8 Å². The molecule has 0 saturated heterocycles. The van der Waals surface area contributed by atoms with Crippen molar-refractivity contribution < 1.29 is 14.7 Å². The van der Waals surface area contributed by atoms with E-state index in [1.807, 2.05) is 6.92 Å². The topological polar surface area (TPSA) is 60.9 Å². The summed E-state index contributed by atoms with van der Waals surface area (Å²) in [4.78, 5) is 25.2. The fourth-order valence-corrected chi connectivity index (χ4v) is 0.964. The highest BCUT2D eigenvalue weighted by Crippen LogP contribution is 1.97. The van der Waals surface area contributed by atoms with Crippen molar-refractivity contribution in [1.82, 2.24) is 9.80 Å². The number of amides is 2. The molecule has 0 bridgehead atoms. The normalized spacial score (nSPS) is 11.1. The molecule has 1 N–H and O–H groups in total. The van der Waals surface area contributed by atoms with Crippen LogP contribution in [0.2, 0.25) is 0 Å². The molecule has 0 rings (SSSR count). The maximum absolute atomic E-state index is 11.4. The molecule has 15 heavy (non-hydrogen) atoms. The molecule has 0 aromatic carbocycles. The molecule has 5 heteroatoms. The zero-order valence-corrected chi connectivity index (χ0v) is 9.65. The fourth-order valence-electron chi connectivity index (χ4n) is 0.964. The number of carbonyl (C=O) groups excluding carboxylic acids is 2. The smallest absolute Gasteiger partial charge is 0.288 e. The number of carbonyl (C=O) groups is 2. The van der Waals surface area contributed by atoms with E-state index >= 15 is 0 Å². The third-order valence-electron chi connectivity index (χ3n) is 1.82. The first kappa shape index (κ1) is 13.5. The predicted octanol–water partition coefficient (Wildman–Crippen LogP) is 0.385. The van der Waals surface area contributed by atoms with Crippen molar-refractivity contribution in [3.05, 3.63) is 11.8 Å². The first-order valence-electron chi connectivity index (χ1n) is 4.77. The zero-order chi connectivity index (χ0) is 12.0. The SMILES string of the molecule is CCCN(C)C(=O)/C=C(\O)C(=O)N(C)C. The summed E-state index contributed by atoms with van der Waals surface area (Å²) in [6.07, 6.45) is 1.77. The highest BCUT2D eigenvalue weighted by molar-refractivity contribution is 5.98. The summed E-state index contributed by atoms with van der Waals surface area (Å²) in [5.74, 6) is -1.48. The van der Waals surface area contributed by atoms with Gasteiger partial charge in [0.2, 0.25) is 5.91 Å². The van der Waals surface area contributed by atoms with Crippen LogP contribution in [0.3, 0.4) is 0 Å². The van der Waals surface area contributed by atoms with Gasteiger partial charge in [-0.15, -0.1) is 0 Å². The van der Waals surface area contributed by atoms with Crippen molar-refractivity contribution in [3.8, 4) is 0 Å². The first-order valence-corrected chi connectivity index (χ1v) is 4.77. The van der Waals surface area contributed by atoms with Gasteiger partial charge in [0, 0.05) is 27.7 Å². The highest BCUT2D eigenvalue weighted by atomic mass is 16.3. The molecule has 0 saturated carbocycles. The molecule has 5 nitrogen and oxygen atoms in total.